The van der Waals surface area contributed by atoms with Gasteiger partial charge in [0.2, 0.25) is 0 Å². The van der Waals surface area contributed by atoms with E-state index in [2.05, 4.69) is 26.1 Å². The standard InChI is InChI=1S/C14H25NO2/c1-4-10-5-7-14(8-6-10,12(16)17)15-11-9-13(11,2)3/h10-11,15H,4-9H2,1-3H3,(H,16,17). The molecule has 0 aromatic heterocycles. The monoisotopic (exact) mass is 239 g/mol. The van der Waals surface area contributed by atoms with Crippen molar-refractivity contribution < 1.29 is 9.90 Å². The maximum Gasteiger partial charge on any atom is 0.323 e. The Morgan fingerprint density at radius 2 is 1.88 bits per heavy atom. The molecule has 2 fully saturated rings. The molecule has 0 heterocycles. The fourth-order valence-corrected chi connectivity index (χ4v) is 3.05. The second-order valence-corrected chi connectivity index (χ2v) is 6.63. The quantitative estimate of drug-likeness (QED) is 0.793. The van der Waals surface area contributed by atoms with Crippen LogP contribution in [-0.4, -0.2) is 22.7 Å². The van der Waals surface area contributed by atoms with Crippen LogP contribution in [0.1, 0.15) is 59.3 Å². The van der Waals surface area contributed by atoms with Gasteiger partial charge in [-0.05, 0) is 43.4 Å². The van der Waals surface area contributed by atoms with E-state index in [-0.39, 0.29) is 0 Å². The van der Waals surface area contributed by atoms with Crippen LogP contribution < -0.4 is 5.32 Å². The Bertz CT molecular complexity index is 303. The van der Waals surface area contributed by atoms with Gasteiger partial charge in [0.1, 0.15) is 5.54 Å². The van der Waals surface area contributed by atoms with Crippen molar-refractivity contribution in [2.75, 3.05) is 0 Å². The van der Waals surface area contributed by atoms with Gasteiger partial charge in [0.25, 0.3) is 0 Å². The summed E-state index contributed by atoms with van der Waals surface area (Å²) < 4.78 is 0. The smallest absolute Gasteiger partial charge is 0.323 e. The molecular formula is C14H25NO2. The Morgan fingerprint density at radius 3 is 2.24 bits per heavy atom. The van der Waals surface area contributed by atoms with Crippen molar-refractivity contribution in [1.82, 2.24) is 5.32 Å². The number of rotatable bonds is 4. The molecule has 3 heteroatoms. The zero-order chi connectivity index (χ0) is 12.7. The fourth-order valence-electron chi connectivity index (χ4n) is 3.05. The number of nitrogens with one attached hydrogen (secondary N) is 1. The highest BCUT2D eigenvalue weighted by atomic mass is 16.4. The number of carboxylic acids is 1. The molecule has 0 aliphatic heterocycles. The Morgan fingerprint density at radius 1 is 1.35 bits per heavy atom. The largest absolute Gasteiger partial charge is 0.480 e. The second-order valence-electron chi connectivity index (χ2n) is 6.63. The Hall–Kier alpha value is -0.570. The van der Waals surface area contributed by atoms with Crippen molar-refractivity contribution in [3.63, 3.8) is 0 Å². The van der Waals surface area contributed by atoms with Crippen molar-refractivity contribution >= 4 is 5.97 Å². The SMILES string of the molecule is CCC1CCC(NC2CC2(C)C)(C(=O)O)CC1. The third-order valence-corrected chi connectivity index (χ3v) is 4.91. The van der Waals surface area contributed by atoms with Crippen molar-refractivity contribution in [3.8, 4) is 0 Å². The van der Waals surface area contributed by atoms with Gasteiger partial charge in [0, 0.05) is 6.04 Å². The van der Waals surface area contributed by atoms with Gasteiger partial charge in [0.15, 0.2) is 0 Å². The van der Waals surface area contributed by atoms with Gasteiger partial charge in [-0.3, -0.25) is 10.1 Å². The molecule has 2 N–H and O–H groups in total. The third-order valence-electron chi connectivity index (χ3n) is 4.91. The van der Waals surface area contributed by atoms with Gasteiger partial charge in [-0.25, -0.2) is 0 Å². The lowest BCUT2D eigenvalue weighted by molar-refractivity contribution is -0.147. The van der Waals surface area contributed by atoms with Crippen molar-refractivity contribution in [2.24, 2.45) is 11.3 Å². The van der Waals surface area contributed by atoms with Crippen LogP contribution in [0.5, 0.6) is 0 Å². The van der Waals surface area contributed by atoms with Crippen LogP contribution >= 0.6 is 0 Å². The summed E-state index contributed by atoms with van der Waals surface area (Å²) in [5, 5.41) is 13.0. The summed E-state index contributed by atoms with van der Waals surface area (Å²) >= 11 is 0. The van der Waals surface area contributed by atoms with Crippen molar-refractivity contribution in [3.05, 3.63) is 0 Å². The highest BCUT2D eigenvalue weighted by Gasteiger charge is 2.52. The first kappa shape index (κ1) is 12.9. The first-order valence-corrected chi connectivity index (χ1v) is 6.91. The maximum absolute atomic E-state index is 11.6. The third kappa shape index (κ3) is 2.49. The molecular weight excluding hydrogens is 214 g/mol. The molecule has 0 spiro atoms. The lowest BCUT2D eigenvalue weighted by atomic mass is 9.75. The summed E-state index contributed by atoms with van der Waals surface area (Å²) in [7, 11) is 0. The van der Waals surface area contributed by atoms with Crippen LogP contribution in [0, 0.1) is 11.3 Å². The van der Waals surface area contributed by atoms with Crippen molar-refractivity contribution in [2.45, 2.75) is 70.9 Å². The average Bonchev–Trinajstić information content (AvgIpc) is 2.86. The van der Waals surface area contributed by atoms with Crippen LogP contribution in [0.25, 0.3) is 0 Å². The zero-order valence-corrected chi connectivity index (χ0v) is 11.3. The van der Waals surface area contributed by atoms with Crippen molar-refractivity contribution in [1.29, 1.82) is 0 Å². The van der Waals surface area contributed by atoms with Crippen LogP contribution in [0.3, 0.4) is 0 Å². The van der Waals surface area contributed by atoms with E-state index >= 15 is 0 Å². The van der Waals surface area contributed by atoms with Gasteiger partial charge < -0.3 is 5.11 Å². The molecule has 17 heavy (non-hydrogen) atoms. The molecule has 0 amide bonds. The maximum atomic E-state index is 11.6. The number of aliphatic carboxylic acids is 1. The Balaban J connectivity index is 2.00. The summed E-state index contributed by atoms with van der Waals surface area (Å²) in [5.41, 5.74) is -0.339. The number of carbonyl (C=O) groups is 1. The van der Waals surface area contributed by atoms with E-state index < -0.39 is 11.5 Å². The Kier molecular flexibility index (Phi) is 3.23. The molecule has 2 saturated carbocycles. The van der Waals surface area contributed by atoms with E-state index in [0.29, 0.717) is 11.5 Å². The molecule has 0 saturated heterocycles. The average molecular weight is 239 g/mol. The predicted octanol–water partition coefficient (Wildman–Crippen LogP) is 2.80. The number of carboxylic acid groups (broad SMARTS) is 1. The van der Waals surface area contributed by atoms with E-state index in [4.69, 9.17) is 0 Å². The molecule has 0 aromatic rings. The summed E-state index contributed by atoms with van der Waals surface area (Å²) in [6.07, 6.45) is 6.01. The van der Waals surface area contributed by atoms with Crippen LogP contribution in [0.4, 0.5) is 0 Å². The summed E-state index contributed by atoms with van der Waals surface area (Å²) in [4.78, 5) is 11.6. The second kappa shape index (κ2) is 4.27. The summed E-state index contributed by atoms with van der Waals surface area (Å²) in [6, 6.07) is 0.400. The highest BCUT2D eigenvalue weighted by molar-refractivity contribution is 5.79. The zero-order valence-electron chi connectivity index (χ0n) is 11.3. The lowest BCUT2D eigenvalue weighted by Gasteiger charge is -2.38. The minimum atomic E-state index is -0.644. The molecule has 1 unspecified atom stereocenters. The van der Waals surface area contributed by atoms with E-state index in [9.17, 15) is 9.90 Å². The van der Waals surface area contributed by atoms with Gasteiger partial charge in [-0.15, -0.1) is 0 Å². The number of hydrogen-bond donors (Lipinski definition) is 2. The van der Waals surface area contributed by atoms with E-state index in [1.165, 1.54) is 6.42 Å². The molecule has 98 valence electrons. The van der Waals surface area contributed by atoms with Crippen LogP contribution in [0.15, 0.2) is 0 Å². The van der Waals surface area contributed by atoms with E-state index in [1.54, 1.807) is 0 Å². The predicted molar refractivity (Wildman–Crippen MR) is 67.9 cm³/mol. The summed E-state index contributed by atoms with van der Waals surface area (Å²) in [5.74, 6) is 0.0891. The highest BCUT2D eigenvalue weighted by Crippen LogP contribution is 2.47. The fraction of sp³-hybridized carbons (Fsp3) is 0.929. The molecule has 1 atom stereocenters. The molecule has 2 rings (SSSR count). The van der Waals surface area contributed by atoms with Gasteiger partial charge in [0.05, 0.1) is 0 Å². The first-order valence-electron chi connectivity index (χ1n) is 6.91. The molecule has 0 bridgehead atoms. The van der Waals surface area contributed by atoms with Gasteiger partial charge in [-0.2, -0.15) is 0 Å². The van der Waals surface area contributed by atoms with Crippen LogP contribution in [0.2, 0.25) is 0 Å². The van der Waals surface area contributed by atoms with Gasteiger partial charge >= 0.3 is 5.97 Å². The molecule has 2 aliphatic rings. The number of hydrogen-bond acceptors (Lipinski definition) is 2. The Labute approximate surface area is 104 Å². The molecule has 2 aliphatic carbocycles. The normalized spacial score (nSPS) is 39.9. The summed E-state index contributed by atoms with van der Waals surface area (Å²) in [6.45, 7) is 6.62. The topological polar surface area (TPSA) is 49.3 Å². The molecule has 0 aromatic carbocycles. The van der Waals surface area contributed by atoms with E-state index in [0.717, 1.165) is 38.0 Å². The minimum Gasteiger partial charge on any atom is -0.480 e. The molecule has 0 radical (unpaired) electrons. The lowest BCUT2D eigenvalue weighted by Crippen LogP contribution is -2.55. The van der Waals surface area contributed by atoms with E-state index in [1.807, 2.05) is 0 Å². The minimum absolute atomic E-state index is 0.296. The molecule has 3 nitrogen and oxygen atoms in total. The van der Waals surface area contributed by atoms with Crippen LogP contribution in [-0.2, 0) is 4.79 Å². The van der Waals surface area contributed by atoms with Gasteiger partial charge in [-0.1, -0.05) is 27.2 Å². The first-order chi connectivity index (χ1) is 7.89.